The van der Waals surface area contributed by atoms with Crippen LogP contribution in [-0.4, -0.2) is 18.3 Å². The van der Waals surface area contributed by atoms with Crippen LogP contribution in [0.5, 0.6) is 0 Å². The first kappa shape index (κ1) is 5.72. The lowest BCUT2D eigenvalue weighted by Crippen LogP contribution is -1.90. The van der Waals surface area contributed by atoms with E-state index >= 15 is 0 Å². The number of amides is 1. The summed E-state index contributed by atoms with van der Waals surface area (Å²) in [5.41, 5.74) is 0. The molecule has 0 heterocycles. The zero-order valence-corrected chi connectivity index (χ0v) is 3.25. The Labute approximate surface area is 38.8 Å². The van der Waals surface area contributed by atoms with E-state index in [9.17, 15) is 9.59 Å². The highest BCUT2D eigenvalue weighted by atomic mass is 16.2. The maximum Gasteiger partial charge on any atom is 0.320 e. The van der Waals surface area contributed by atoms with Gasteiger partial charge in [-0.25, -0.2) is 4.79 Å². The molecule has 4 nitrogen and oxygen atoms in total. The topological polar surface area (TPSA) is 63.6 Å². The first-order chi connectivity index (χ1) is 3.31. The maximum absolute atomic E-state index is 9.61. The number of carbonyl (C=O) groups excluding carboxylic acids is 3. The summed E-state index contributed by atoms with van der Waals surface area (Å²) >= 11 is 0. The van der Waals surface area contributed by atoms with Gasteiger partial charge in [-0.2, -0.15) is 0 Å². The predicted octanol–water partition coefficient (Wildman–Crippen LogP) is -0.952. The van der Waals surface area contributed by atoms with Crippen LogP contribution in [0.25, 0.3) is 0 Å². The molecule has 0 bridgehead atoms. The van der Waals surface area contributed by atoms with Crippen molar-refractivity contribution in [1.29, 1.82) is 0 Å². The van der Waals surface area contributed by atoms with Gasteiger partial charge in [0.15, 0.2) is 0 Å². The number of nitrogens with zero attached hydrogens (tertiary/aromatic N) is 1. The van der Waals surface area contributed by atoms with Gasteiger partial charge in [0.25, 0.3) is 0 Å². The molecule has 0 aliphatic heterocycles. The highest BCUT2D eigenvalue weighted by Gasteiger charge is 1.87. The molecule has 1 amide bonds. The smallest absolute Gasteiger partial charge is 0.292 e. The molecule has 0 spiro atoms. The Morgan fingerprint density at radius 1 is 1.71 bits per heavy atom. The van der Waals surface area contributed by atoms with Crippen molar-refractivity contribution in [3.8, 4) is 0 Å². The van der Waals surface area contributed by atoms with Crippen LogP contribution in [-0.2, 0) is 14.4 Å². The van der Waals surface area contributed by atoms with Crippen molar-refractivity contribution in [3.63, 3.8) is 0 Å². The second-order valence-corrected chi connectivity index (χ2v) is 0.659. The zero-order valence-electron chi connectivity index (χ0n) is 3.25. The molecule has 0 aromatic carbocycles. The van der Waals surface area contributed by atoms with Gasteiger partial charge >= 0.3 is 5.91 Å². The van der Waals surface area contributed by atoms with Crippen LogP contribution in [0.3, 0.4) is 0 Å². The standard InChI is InChI=1S/C3HNO3/c5-1-3(7)4-2-6/h1H. The van der Waals surface area contributed by atoms with Crippen LogP contribution in [0.2, 0.25) is 0 Å². The Balaban J connectivity index is 3.82. The molecular formula is C3HNO3. The van der Waals surface area contributed by atoms with Gasteiger partial charge in [0.1, 0.15) is 0 Å². The fourth-order valence-corrected chi connectivity index (χ4v) is 0.0713. The Morgan fingerprint density at radius 3 is 2.43 bits per heavy atom. The van der Waals surface area contributed by atoms with Crippen LogP contribution >= 0.6 is 0 Å². The van der Waals surface area contributed by atoms with E-state index < -0.39 is 5.91 Å². The third kappa shape index (κ3) is 2.52. The Hall–Kier alpha value is -1.28. The molecule has 0 rings (SSSR count). The number of hydrogen-bond donors (Lipinski definition) is 0. The first-order valence-corrected chi connectivity index (χ1v) is 1.38. The van der Waals surface area contributed by atoms with Crippen molar-refractivity contribution < 1.29 is 14.4 Å². The maximum atomic E-state index is 9.61. The fourth-order valence-electron chi connectivity index (χ4n) is 0.0713. The van der Waals surface area contributed by atoms with E-state index in [0.29, 0.717) is 0 Å². The summed E-state index contributed by atoms with van der Waals surface area (Å²) in [5.74, 6) is -1.10. The number of aldehydes is 1. The number of rotatable bonds is 1. The van der Waals surface area contributed by atoms with Gasteiger partial charge in [-0.05, 0) is 0 Å². The average Bonchev–Trinajstić information content (AvgIpc) is 1.68. The van der Waals surface area contributed by atoms with Crippen LogP contribution in [0.15, 0.2) is 4.99 Å². The van der Waals surface area contributed by atoms with E-state index in [1.807, 2.05) is 0 Å². The van der Waals surface area contributed by atoms with Crippen LogP contribution in [0.4, 0.5) is 0 Å². The molecule has 0 saturated carbocycles. The second-order valence-electron chi connectivity index (χ2n) is 0.659. The third-order valence-electron chi connectivity index (χ3n) is 0.257. The van der Waals surface area contributed by atoms with Gasteiger partial charge in [-0.1, -0.05) is 0 Å². The monoisotopic (exact) mass is 99.0 g/mol. The molecule has 0 aromatic rings. The molecule has 36 valence electrons. The third-order valence-corrected chi connectivity index (χ3v) is 0.257. The lowest BCUT2D eigenvalue weighted by molar-refractivity contribution is -0.128. The number of isocyanates is 1. The Kier molecular flexibility index (Phi) is 2.40. The molecule has 0 aliphatic rings. The van der Waals surface area contributed by atoms with Gasteiger partial charge in [0.05, 0.1) is 0 Å². The van der Waals surface area contributed by atoms with E-state index in [0.717, 1.165) is 6.08 Å². The molecule has 0 saturated heterocycles. The number of hydrogen-bond acceptors (Lipinski definition) is 3. The second kappa shape index (κ2) is 2.93. The SMILES string of the molecule is O=C=NC(=O)C=O. The van der Waals surface area contributed by atoms with Crippen LogP contribution in [0, 0.1) is 0 Å². The summed E-state index contributed by atoms with van der Waals surface area (Å²) in [6, 6.07) is 0. The molecular weight excluding hydrogens is 98.0 g/mol. The summed E-state index contributed by atoms with van der Waals surface area (Å²) < 4.78 is 0. The minimum absolute atomic E-state index is 0.0646. The molecule has 0 fully saturated rings. The van der Waals surface area contributed by atoms with Crippen LogP contribution in [0.1, 0.15) is 0 Å². The highest BCUT2D eigenvalue weighted by Crippen LogP contribution is 1.58. The normalized spacial score (nSPS) is 6.29. The van der Waals surface area contributed by atoms with E-state index in [1.54, 1.807) is 0 Å². The summed E-state index contributed by atoms with van der Waals surface area (Å²) in [6.45, 7) is 0. The quantitative estimate of drug-likeness (QED) is 0.184. The van der Waals surface area contributed by atoms with E-state index in [4.69, 9.17) is 4.79 Å². The van der Waals surface area contributed by atoms with Gasteiger partial charge in [-0.15, -0.1) is 4.99 Å². The Morgan fingerprint density at radius 2 is 2.29 bits per heavy atom. The van der Waals surface area contributed by atoms with Crippen LogP contribution < -0.4 is 0 Å². The summed E-state index contributed by atoms with van der Waals surface area (Å²) in [7, 11) is 0. The first-order valence-electron chi connectivity index (χ1n) is 1.38. The van der Waals surface area contributed by atoms with E-state index in [-0.39, 0.29) is 6.29 Å². The zero-order chi connectivity index (χ0) is 5.70. The van der Waals surface area contributed by atoms with Gasteiger partial charge in [-0.3, -0.25) is 9.59 Å². The summed E-state index contributed by atoms with van der Waals surface area (Å²) in [5, 5.41) is 0. The van der Waals surface area contributed by atoms with Gasteiger partial charge < -0.3 is 0 Å². The Bertz CT molecular complexity index is 133. The molecule has 0 radical (unpaired) electrons. The molecule has 0 aliphatic carbocycles. The largest absolute Gasteiger partial charge is 0.320 e. The molecule has 0 aromatic heterocycles. The van der Waals surface area contributed by atoms with Crippen molar-refractivity contribution >= 4 is 18.3 Å². The van der Waals surface area contributed by atoms with Crippen molar-refractivity contribution in [2.75, 3.05) is 0 Å². The molecule has 0 N–H and O–H groups in total. The lowest BCUT2D eigenvalue weighted by Gasteiger charge is -1.61. The fraction of sp³-hybridized carbons (Fsp3) is 0. The number of carbonyl (C=O) groups is 2. The van der Waals surface area contributed by atoms with Crippen molar-refractivity contribution in [1.82, 2.24) is 0 Å². The molecule has 7 heavy (non-hydrogen) atoms. The van der Waals surface area contributed by atoms with Crippen molar-refractivity contribution in [2.45, 2.75) is 0 Å². The van der Waals surface area contributed by atoms with Crippen molar-refractivity contribution in [3.05, 3.63) is 0 Å². The summed E-state index contributed by atoms with van der Waals surface area (Å²) in [6.07, 6.45) is 0.848. The van der Waals surface area contributed by atoms with E-state index in [1.165, 1.54) is 0 Å². The molecule has 0 atom stereocenters. The average molecular weight is 99.0 g/mol. The minimum Gasteiger partial charge on any atom is -0.292 e. The van der Waals surface area contributed by atoms with Crippen molar-refractivity contribution in [2.24, 2.45) is 4.99 Å². The molecule has 0 unspecified atom stereocenters. The molecule has 4 heteroatoms. The lowest BCUT2D eigenvalue weighted by atomic mass is 10.7. The van der Waals surface area contributed by atoms with E-state index in [2.05, 4.69) is 4.99 Å². The predicted molar refractivity (Wildman–Crippen MR) is 19.2 cm³/mol. The minimum atomic E-state index is -1.10. The summed E-state index contributed by atoms with van der Waals surface area (Å²) in [4.78, 5) is 30.4. The van der Waals surface area contributed by atoms with Gasteiger partial charge in [0.2, 0.25) is 12.4 Å². The van der Waals surface area contributed by atoms with Gasteiger partial charge in [0, 0.05) is 0 Å². The highest BCUT2D eigenvalue weighted by molar-refractivity contribution is 6.25. The number of aliphatic imine (C=N–C) groups is 1.